The first-order valence-corrected chi connectivity index (χ1v) is 8.58. The van der Waals surface area contributed by atoms with Gasteiger partial charge >= 0.3 is 0 Å². The monoisotopic (exact) mass is 324 g/mol. The van der Waals surface area contributed by atoms with Crippen LogP contribution in [0.3, 0.4) is 0 Å². The van der Waals surface area contributed by atoms with Gasteiger partial charge in [0.2, 0.25) is 0 Å². The van der Waals surface area contributed by atoms with Crippen molar-refractivity contribution in [2.24, 2.45) is 0 Å². The van der Waals surface area contributed by atoms with E-state index in [9.17, 15) is 0 Å². The van der Waals surface area contributed by atoms with E-state index in [0.717, 1.165) is 50.6 Å². The molecule has 1 fully saturated rings. The summed E-state index contributed by atoms with van der Waals surface area (Å²) < 4.78 is 11.6. The Kier molecular flexibility index (Phi) is 5.11. The van der Waals surface area contributed by atoms with Crippen LogP contribution in [-0.2, 0) is 6.42 Å². The van der Waals surface area contributed by atoms with Crippen LogP contribution in [0.15, 0.2) is 6.07 Å². The standard InChI is InChI=1S/C17H25ClN2O2/c1-12(2)15-13(3-6-20-7-4-19-5-8-20)11-14(18)16-17(15)22-10-9-21-16/h11-12,19H,3-10H2,1-2H3. The lowest BCUT2D eigenvalue weighted by Gasteiger charge is -2.29. The molecule has 0 atom stereocenters. The van der Waals surface area contributed by atoms with Gasteiger partial charge in [0.05, 0.1) is 5.02 Å². The van der Waals surface area contributed by atoms with Gasteiger partial charge in [-0.15, -0.1) is 0 Å². The topological polar surface area (TPSA) is 33.7 Å². The van der Waals surface area contributed by atoms with Crippen LogP contribution in [0.25, 0.3) is 0 Å². The van der Waals surface area contributed by atoms with Gasteiger partial charge in [0.25, 0.3) is 0 Å². The molecule has 1 aromatic rings. The Labute approximate surface area is 137 Å². The molecule has 122 valence electrons. The summed E-state index contributed by atoms with van der Waals surface area (Å²) in [5, 5.41) is 4.07. The van der Waals surface area contributed by atoms with Gasteiger partial charge in [-0.3, -0.25) is 0 Å². The molecule has 0 aliphatic carbocycles. The lowest BCUT2D eigenvalue weighted by atomic mass is 9.93. The molecular weight excluding hydrogens is 300 g/mol. The SMILES string of the molecule is CC(C)c1c(CCN2CCNCC2)cc(Cl)c2c1OCCO2. The molecule has 4 nitrogen and oxygen atoms in total. The molecule has 1 aromatic carbocycles. The minimum atomic E-state index is 0.394. The number of rotatable bonds is 4. The van der Waals surface area contributed by atoms with Crippen LogP contribution in [0.4, 0.5) is 0 Å². The van der Waals surface area contributed by atoms with Crippen molar-refractivity contribution in [1.82, 2.24) is 10.2 Å². The van der Waals surface area contributed by atoms with Gasteiger partial charge in [-0.1, -0.05) is 25.4 Å². The van der Waals surface area contributed by atoms with Gasteiger partial charge in [0.15, 0.2) is 11.5 Å². The van der Waals surface area contributed by atoms with Crippen molar-refractivity contribution in [1.29, 1.82) is 0 Å². The van der Waals surface area contributed by atoms with E-state index in [0.29, 0.717) is 24.2 Å². The molecule has 3 rings (SSSR count). The van der Waals surface area contributed by atoms with Crippen molar-refractivity contribution in [2.75, 3.05) is 45.9 Å². The number of piperazine rings is 1. The molecule has 0 radical (unpaired) electrons. The maximum Gasteiger partial charge on any atom is 0.180 e. The van der Waals surface area contributed by atoms with Gasteiger partial charge < -0.3 is 19.7 Å². The Bertz CT molecular complexity index is 528. The maximum atomic E-state index is 6.42. The first-order valence-electron chi connectivity index (χ1n) is 8.20. The molecule has 1 N–H and O–H groups in total. The summed E-state index contributed by atoms with van der Waals surface area (Å²) in [7, 11) is 0. The number of ether oxygens (including phenoxy) is 2. The summed E-state index contributed by atoms with van der Waals surface area (Å²) >= 11 is 6.42. The van der Waals surface area contributed by atoms with E-state index in [4.69, 9.17) is 21.1 Å². The minimum Gasteiger partial charge on any atom is -0.486 e. The van der Waals surface area contributed by atoms with Crippen LogP contribution < -0.4 is 14.8 Å². The Balaban J connectivity index is 1.84. The van der Waals surface area contributed by atoms with Crippen LogP contribution in [0, 0.1) is 0 Å². The summed E-state index contributed by atoms with van der Waals surface area (Å²) in [5.41, 5.74) is 2.55. The van der Waals surface area contributed by atoms with Crippen LogP contribution >= 0.6 is 11.6 Å². The van der Waals surface area contributed by atoms with Gasteiger partial charge in [0.1, 0.15) is 13.2 Å². The highest BCUT2D eigenvalue weighted by molar-refractivity contribution is 6.32. The molecule has 5 heteroatoms. The third-order valence-corrected chi connectivity index (χ3v) is 4.66. The third kappa shape index (κ3) is 3.34. The van der Waals surface area contributed by atoms with E-state index >= 15 is 0 Å². The van der Waals surface area contributed by atoms with Gasteiger partial charge in [0, 0.05) is 38.3 Å². The van der Waals surface area contributed by atoms with E-state index < -0.39 is 0 Å². The Hall–Kier alpha value is -0.970. The normalized spacial score (nSPS) is 18.7. The highest BCUT2D eigenvalue weighted by Crippen LogP contribution is 2.45. The quantitative estimate of drug-likeness (QED) is 0.923. The highest BCUT2D eigenvalue weighted by atomic mass is 35.5. The molecule has 0 saturated carbocycles. The van der Waals surface area contributed by atoms with Gasteiger partial charge in [-0.05, 0) is 24.0 Å². The molecular formula is C17H25ClN2O2. The van der Waals surface area contributed by atoms with Crippen molar-refractivity contribution < 1.29 is 9.47 Å². The van der Waals surface area contributed by atoms with Gasteiger partial charge in [-0.25, -0.2) is 0 Å². The van der Waals surface area contributed by atoms with Crippen molar-refractivity contribution in [2.45, 2.75) is 26.2 Å². The average Bonchev–Trinajstić information content (AvgIpc) is 2.53. The zero-order chi connectivity index (χ0) is 15.5. The molecule has 2 aliphatic rings. The van der Waals surface area contributed by atoms with E-state index in [1.54, 1.807) is 0 Å². The maximum absolute atomic E-state index is 6.42. The number of nitrogens with zero attached hydrogens (tertiary/aromatic N) is 1. The summed E-state index contributed by atoms with van der Waals surface area (Å²) in [4.78, 5) is 2.51. The van der Waals surface area contributed by atoms with Crippen LogP contribution in [0.1, 0.15) is 30.9 Å². The summed E-state index contributed by atoms with van der Waals surface area (Å²) in [6.45, 7) is 11.1. The first-order chi connectivity index (χ1) is 10.7. The molecule has 0 amide bonds. The van der Waals surface area contributed by atoms with Crippen molar-refractivity contribution in [3.8, 4) is 11.5 Å². The second-order valence-electron chi connectivity index (χ2n) is 6.28. The summed E-state index contributed by atoms with van der Waals surface area (Å²) in [6.07, 6.45) is 1.00. The van der Waals surface area contributed by atoms with Crippen LogP contribution in [-0.4, -0.2) is 50.8 Å². The molecule has 2 aliphatic heterocycles. The fraction of sp³-hybridized carbons (Fsp3) is 0.647. The number of hydrogen-bond acceptors (Lipinski definition) is 4. The number of nitrogens with one attached hydrogen (secondary N) is 1. The smallest absolute Gasteiger partial charge is 0.180 e. The number of hydrogen-bond donors (Lipinski definition) is 1. The number of halogens is 1. The second kappa shape index (κ2) is 7.07. The first kappa shape index (κ1) is 15.9. The molecule has 0 spiro atoms. The molecule has 2 heterocycles. The molecule has 0 aromatic heterocycles. The third-order valence-electron chi connectivity index (χ3n) is 4.38. The average molecular weight is 325 g/mol. The van der Waals surface area contributed by atoms with Crippen LogP contribution in [0.2, 0.25) is 5.02 Å². The summed E-state index contributed by atoms with van der Waals surface area (Å²) in [6, 6.07) is 2.08. The Morgan fingerprint density at radius 3 is 2.55 bits per heavy atom. The van der Waals surface area contributed by atoms with E-state index in [1.165, 1.54) is 11.1 Å². The van der Waals surface area contributed by atoms with Crippen molar-refractivity contribution in [3.63, 3.8) is 0 Å². The Morgan fingerprint density at radius 2 is 1.86 bits per heavy atom. The lowest BCUT2D eigenvalue weighted by Crippen LogP contribution is -2.44. The number of benzene rings is 1. The fourth-order valence-electron chi connectivity index (χ4n) is 3.29. The predicted molar refractivity (Wildman–Crippen MR) is 89.5 cm³/mol. The highest BCUT2D eigenvalue weighted by Gasteiger charge is 2.24. The molecule has 0 unspecified atom stereocenters. The minimum absolute atomic E-state index is 0.394. The van der Waals surface area contributed by atoms with Crippen LogP contribution in [0.5, 0.6) is 11.5 Å². The van der Waals surface area contributed by atoms with E-state index in [1.807, 2.05) is 0 Å². The lowest BCUT2D eigenvalue weighted by molar-refractivity contribution is 0.169. The largest absolute Gasteiger partial charge is 0.486 e. The van der Waals surface area contributed by atoms with Crippen molar-refractivity contribution in [3.05, 3.63) is 22.2 Å². The zero-order valence-electron chi connectivity index (χ0n) is 13.5. The molecule has 0 bridgehead atoms. The number of fused-ring (bicyclic) bond motifs is 1. The molecule has 1 saturated heterocycles. The Morgan fingerprint density at radius 1 is 1.18 bits per heavy atom. The molecule has 22 heavy (non-hydrogen) atoms. The van der Waals surface area contributed by atoms with E-state index in [-0.39, 0.29) is 0 Å². The van der Waals surface area contributed by atoms with E-state index in [2.05, 4.69) is 30.1 Å². The second-order valence-corrected chi connectivity index (χ2v) is 6.69. The predicted octanol–water partition coefficient (Wildman–Crippen LogP) is 2.68. The van der Waals surface area contributed by atoms with Crippen molar-refractivity contribution >= 4 is 11.6 Å². The fourth-order valence-corrected chi connectivity index (χ4v) is 3.56. The van der Waals surface area contributed by atoms with Gasteiger partial charge in [-0.2, -0.15) is 0 Å². The zero-order valence-corrected chi connectivity index (χ0v) is 14.2. The summed E-state index contributed by atoms with van der Waals surface area (Å²) in [5.74, 6) is 1.98.